The Morgan fingerprint density at radius 2 is 2.04 bits per heavy atom. The van der Waals surface area contributed by atoms with Crippen LogP contribution < -0.4 is 16.0 Å². The molecule has 0 radical (unpaired) electrons. The number of anilines is 4. The zero-order valence-electron chi connectivity index (χ0n) is 15.6. The van der Waals surface area contributed by atoms with Crippen LogP contribution in [0.3, 0.4) is 0 Å². The summed E-state index contributed by atoms with van der Waals surface area (Å²) in [6.07, 6.45) is 3.50. The number of hydrogen-bond acceptors (Lipinski definition) is 9. The van der Waals surface area contributed by atoms with E-state index in [2.05, 4.69) is 35.9 Å². The molecule has 9 heteroatoms. The van der Waals surface area contributed by atoms with Crippen molar-refractivity contribution in [2.45, 2.75) is 13.8 Å². The van der Waals surface area contributed by atoms with Crippen LogP contribution in [-0.2, 0) is 4.74 Å². The Morgan fingerprint density at radius 1 is 1.15 bits per heavy atom. The number of hydrogen-bond donors (Lipinski definition) is 3. The number of pyridine rings is 1. The molecule has 0 aliphatic heterocycles. The molecule has 0 spiro atoms. The molecular formula is C18H23N7OS. The molecule has 3 heterocycles. The number of nitrogens with zero attached hydrogens (tertiary/aromatic N) is 4. The summed E-state index contributed by atoms with van der Waals surface area (Å²) in [7, 11) is 1.86. The zero-order valence-corrected chi connectivity index (χ0v) is 16.4. The Bertz CT molecular complexity index is 866. The largest absolute Gasteiger partial charge is 0.381 e. The van der Waals surface area contributed by atoms with Crippen molar-refractivity contribution in [3.05, 3.63) is 36.3 Å². The first-order chi connectivity index (χ1) is 13.2. The molecule has 0 aliphatic rings. The van der Waals surface area contributed by atoms with E-state index in [0.717, 1.165) is 40.2 Å². The highest BCUT2D eigenvalue weighted by molar-refractivity contribution is 7.19. The van der Waals surface area contributed by atoms with Crippen molar-refractivity contribution >= 4 is 33.9 Å². The maximum Gasteiger partial charge on any atom is 0.228 e. The Hall–Kier alpha value is -2.78. The smallest absolute Gasteiger partial charge is 0.228 e. The molecule has 8 nitrogen and oxygen atoms in total. The highest BCUT2D eigenvalue weighted by atomic mass is 32.1. The van der Waals surface area contributed by atoms with Crippen molar-refractivity contribution in [1.29, 1.82) is 0 Å². The quantitative estimate of drug-likeness (QED) is 0.481. The minimum absolute atomic E-state index is 0.496. The van der Waals surface area contributed by atoms with Gasteiger partial charge in [0.25, 0.3) is 0 Å². The molecular weight excluding hydrogens is 362 g/mol. The Labute approximate surface area is 162 Å². The Morgan fingerprint density at radius 3 is 2.74 bits per heavy atom. The van der Waals surface area contributed by atoms with E-state index in [4.69, 9.17) is 4.74 Å². The fourth-order valence-corrected chi connectivity index (χ4v) is 3.27. The highest BCUT2D eigenvalue weighted by Gasteiger charge is 2.11. The van der Waals surface area contributed by atoms with Crippen molar-refractivity contribution < 1.29 is 4.74 Å². The van der Waals surface area contributed by atoms with Gasteiger partial charge in [-0.05, 0) is 32.0 Å². The van der Waals surface area contributed by atoms with Gasteiger partial charge in [0.2, 0.25) is 5.95 Å². The number of nitrogens with one attached hydrogen (secondary N) is 3. The first-order valence-electron chi connectivity index (χ1n) is 8.73. The second kappa shape index (κ2) is 9.24. The number of aromatic nitrogens is 4. The molecule has 3 aromatic rings. The second-order valence-corrected chi connectivity index (χ2v) is 6.63. The second-order valence-electron chi connectivity index (χ2n) is 5.63. The third-order valence-corrected chi connectivity index (χ3v) is 4.88. The maximum absolute atomic E-state index is 5.30. The summed E-state index contributed by atoms with van der Waals surface area (Å²) in [5.41, 5.74) is 2.71. The molecule has 0 amide bonds. The van der Waals surface area contributed by atoms with Gasteiger partial charge in [-0.15, -0.1) is 0 Å². The van der Waals surface area contributed by atoms with Crippen molar-refractivity contribution in [3.63, 3.8) is 0 Å². The molecule has 0 aromatic carbocycles. The van der Waals surface area contributed by atoms with Gasteiger partial charge >= 0.3 is 0 Å². The summed E-state index contributed by atoms with van der Waals surface area (Å²) in [6, 6.07) is 5.72. The lowest BCUT2D eigenvalue weighted by atomic mass is 10.3. The van der Waals surface area contributed by atoms with E-state index >= 15 is 0 Å². The topological polar surface area (TPSA) is 96.9 Å². The van der Waals surface area contributed by atoms with Crippen molar-refractivity contribution in [2.75, 3.05) is 42.8 Å². The predicted octanol–water partition coefficient (Wildman–Crippen LogP) is 3.54. The summed E-state index contributed by atoms with van der Waals surface area (Å²) < 4.78 is 5.30. The van der Waals surface area contributed by atoms with E-state index in [1.165, 1.54) is 0 Å². The predicted molar refractivity (Wildman–Crippen MR) is 110 cm³/mol. The third-order valence-electron chi connectivity index (χ3n) is 3.68. The van der Waals surface area contributed by atoms with E-state index in [1.54, 1.807) is 23.7 Å². The van der Waals surface area contributed by atoms with Gasteiger partial charge < -0.3 is 20.7 Å². The molecule has 0 aliphatic carbocycles. The molecule has 27 heavy (non-hydrogen) atoms. The van der Waals surface area contributed by atoms with E-state index in [0.29, 0.717) is 18.4 Å². The Kier molecular flexibility index (Phi) is 6.50. The highest BCUT2D eigenvalue weighted by Crippen LogP contribution is 2.31. The first kappa shape index (κ1) is 19.0. The third kappa shape index (κ3) is 5.11. The first-order valence-corrected chi connectivity index (χ1v) is 9.54. The van der Waals surface area contributed by atoms with Crippen LogP contribution in [0, 0.1) is 6.92 Å². The van der Waals surface area contributed by atoms with Gasteiger partial charge in [-0.3, -0.25) is 0 Å². The van der Waals surface area contributed by atoms with Crippen molar-refractivity contribution in [2.24, 2.45) is 0 Å². The van der Waals surface area contributed by atoms with Gasteiger partial charge in [-0.2, -0.15) is 0 Å². The molecule has 0 fully saturated rings. The van der Waals surface area contributed by atoms with E-state index in [9.17, 15) is 0 Å². The minimum atomic E-state index is 0.496. The number of aryl methyl sites for hydroxylation is 1. The van der Waals surface area contributed by atoms with Gasteiger partial charge in [-0.25, -0.2) is 19.9 Å². The van der Waals surface area contributed by atoms with Crippen LogP contribution in [0.25, 0.3) is 10.6 Å². The summed E-state index contributed by atoms with van der Waals surface area (Å²) in [4.78, 5) is 18.8. The molecule has 142 valence electrons. The molecule has 3 aromatic heterocycles. The fraction of sp³-hybridized carbons (Fsp3) is 0.333. The lowest BCUT2D eigenvalue weighted by Crippen LogP contribution is -2.09. The molecule has 3 rings (SSSR count). The monoisotopic (exact) mass is 385 g/mol. The Balaban J connectivity index is 1.66. The van der Waals surface area contributed by atoms with Crippen LogP contribution in [-0.4, -0.2) is 46.7 Å². The summed E-state index contributed by atoms with van der Waals surface area (Å²) >= 11 is 1.57. The standard InChI is InChI=1S/C18H23N7OS/c1-4-26-10-9-20-13-5-6-15(22-11-13)25-17-21-8-7-14(24-17)16-12(2)23-18(19-3)27-16/h5-8,11,20H,4,9-10H2,1-3H3,(H,19,23)(H,21,22,24,25). The van der Waals surface area contributed by atoms with E-state index < -0.39 is 0 Å². The average molecular weight is 385 g/mol. The maximum atomic E-state index is 5.30. The van der Waals surface area contributed by atoms with Gasteiger partial charge in [0.15, 0.2) is 5.13 Å². The zero-order chi connectivity index (χ0) is 19.1. The number of rotatable bonds is 9. The van der Waals surface area contributed by atoms with Gasteiger partial charge in [0.05, 0.1) is 34.8 Å². The summed E-state index contributed by atoms with van der Waals surface area (Å²) in [6.45, 7) is 6.09. The average Bonchev–Trinajstić information content (AvgIpc) is 3.08. The minimum Gasteiger partial charge on any atom is -0.381 e. The molecule has 0 atom stereocenters. The lowest BCUT2D eigenvalue weighted by Gasteiger charge is -2.08. The van der Waals surface area contributed by atoms with Crippen molar-refractivity contribution in [1.82, 2.24) is 19.9 Å². The molecule has 3 N–H and O–H groups in total. The van der Waals surface area contributed by atoms with Gasteiger partial charge in [0.1, 0.15) is 5.82 Å². The van der Waals surface area contributed by atoms with Crippen LogP contribution in [0.1, 0.15) is 12.6 Å². The molecule has 0 unspecified atom stereocenters. The number of thiazole rings is 1. The fourth-order valence-electron chi connectivity index (χ4n) is 2.39. The van der Waals surface area contributed by atoms with Gasteiger partial charge in [-0.1, -0.05) is 11.3 Å². The van der Waals surface area contributed by atoms with Crippen LogP contribution in [0.15, 0.2) is 30.6 Å². The molecule has 0 saturated heterocycles. The number of ether oxygens (including phenoxy) is 1. The van der Waals surface area contributed by atoms with Crippen LogP contribution in [0.5, 0.6) is 0 Å². The normalized spacial score (nSPS) is 10.6. The molecule has 0 bridgehead atoms. The van der Waals surface area contributed by atoms with Crippen LogP contribution >= 0.6 is 11.3 Å². The van der Waals surface area contributed by atoms with Crippen LogP contribution in [0.2, 0.25) is 0 Å². The van der Waals surface area contributed by atoms with Crippen LogP contribution in [0.4, 0.5) is 22.6 Å². The van der Waals surface area contributed by atoms with Gasteiger partial charge in [0, 0.05) is 26.4 Å². The lowest BCUT2D eigenvalue weighted by molar-refractivity contribution is 0.158. The molecule has 0 saturated carbocycles. The van der Waals surface area contributed by atoms with Crippen molar-refractivity contribution in [3.8, 4) is 10.6 Å². The van der Waals surface area contributed by atoms with E-state index in [1.807, 2.05) is 39.1 Å². The SMILES string of the molecule is CCOCCNc1ccc(Nc2nccc(-c3sc(NC)nc3C)n2)nc1. The summed E-state index contributed by atoms with van der Waals surface area (Å²) in [5.74, 6) is 1.18. The summed E-state index contributed by atoms with van der Waals surface area (Å²) in [5, 5.41) is 10.3. The van der Waals surface area contributed by atoms with E-state index in [-0.39, 0.29) is 0 Å².